The maximum absolute atomic E-state index is 12.6. The van der Waals surface area contributed by atoms with Gasteiger partial charge in [0.2, 0.25) is 5.91 Å². The summed E-state index contributed by atoms with van der Waals surface area (Å²) in [5, 5.41) is 3.68. The Balaban J connectivity index is 1.24. The first-order valence-corrected chi connectivity index (χ1v) is 9.56. The van der Waals surface area contributed by atoms with Gasteiger partial charge in [-0.15, -0.1) is 0 Å². The molecule has 2 bridgehead atoms. The van der Waals surface area contributed by atoms with E-state index in [9.17, 15) is 4.79 Å². The third kappa shape index (κ3) is 3.18. The van der Waals surface area contributed by atoms with Crippen molar-refractivity contribution in [2.75, 3.05) is 26.2 Å². The Hall–Kier alpha value is -0.610. The number of rotatable bonds is 3. The van der Waals surface area contributed by atoms with Crippen molar-refractivity contribution in [1.29, 1.82) is 0 Å². The Kier molecular flexibility index (Phi) is 4.40. The lowest BCUT2D eigenvalue weighted by Gasteiger charge is -2.39. The molecular formula is C18H31N3O. The van der Waals surface area contributed by atoms with E-state index in [1.165, 1.54) is 51.4 Å². The highest BCUT2D eigenvalue weighted by atomic mass is 16.2. The van der Waals surface area contributed by atoms with Crippen LogP contribution in [0.5, 0.6) is 0 Å². The monoisotopic (exact) mass is 305 g/mol. The number of hydrogen-bond acceptors (Lipinski definition) is 3. The highest BCUT2D eigenvalue weighted by molar-refractivity contribution is 5.76. The Labute approximate surface area is 134 Å². The number of fused-ring (bicyclic) bond motifs is 2. The molecule has 0 radical (unpaired) electrons. The van der Waals surface area contributed by atoms with Gasteiger partial charge in [0.25, 0.3) is 0 Å². The molecule has 4 heteroatoms. The highest BCUT2D eigenvalue weighted by Crippen LogP contribution is 2.33. The van der Waals surface area contributed by atoms with Crippen LogP contribution in [0.3, 0.4) is 0 Å². The fraction of sp³-hybridized carbons (Fsp3) is 0.944. The predicted octanol–water partition coefficient (Wildman–Crippen LogP) is 1.99. The lowest BCUT2D eigenvalue weighted by Crippen LogP contribution is -2.52. The third-order valence-electron chi connectivity index (χ3n) is 6.54. The van der Waals surface area contributed by atoms with E-state index in [0.29, 0.717) is 23.9 Å². The fourth-order valence-corrected chi connectivity index (χ4v) is 5.32. The van der Waals surface area contributed by atoms with E-state index in [1.807, 2.05) is 0 Å². The zero-order valence-electron chi connectivity index (χ0n) is 13.8. The molecule has 4 nitrogen and oxygen atoms in total. The topological polar surface area (TPSA) is 35.6 Å². The normalized spacial score (nSPS) is 36.9. The summed E-state index contributed by atoms with van der Waals surface area (Å²) in [4.78, 5) is 17.4. The largest absolute Gasteiger partial charge is 0.340 e. The van der Waals surface area contributed by atoms with Crippen LogP contribution in [-0.4, -0.2) is 60.0 Å². The molecule has 22 heavy (non-hydrogen) atoms. The molecule has 1 saturated carbocycles. The smallest absolute Gasteiger partial charge is 0.222 e. The van der Waals surface area contributed by atoms with E-state index >= 15 is 0 Å². The van der Waals surface area contributed by atoms with Gasteiger partial charge in [0, 0.05) is 50.7 Å². The number of carbonyl (C=O) groups is 1. The van der Waals surface area contributed by atoms with Gasteiger partial charge in [0.1, 0.15) is 0 Å². The lowest BCUT2D eigenvalue weighted by molar-refractivity contribution is -0.134. The van der Waals surface area contributed by atoms with E-state index in [0.717, 1.165) is 38.6 Å². The molecule has 0 aromatic carbocycles. The number of nitrogens with one attached hydrogen (secondary N) is 1. The molecule has 3 heterocycles. The zero-order chi connectivity index (χ0) is 14.9. The minimum Gasteiger partial charge on any atom is -0.340 e. The van der Waals surface area contributed by atoms with Crippen molar-refractivity contribution in [3.63, 3.8) is 0 Å². The van der Waals surface area contributed by atoms with Gasteiger partial charge in [-0.2, -0.15) is 0 Å². The van der Waals surface area contributed by atoms with E-state index in [-0.39, 0.29) is 0 Å². The van der Waals surface area contributed by atoms with Crippen LogP contribution in [0.25, 0.3) is 0 Å². The van der Waals surface area contributed by atoms with Gasteiger partial charge in [0.15, 0.2) is 0 Å². The van der Waals surface area contributed by atoms with Crippen molar-refractivity contribution in [2.45, 2.75) is 75.9 Å². The summed E-state index contributed by atoms with van der Waals surface area (Å²) >= 11 is 0. The lowest BCUT2D eigenvalue weighted by atomic mass is 9.89. The van der Waals surface area contributed by atoms with Crippen molar-refractivity contribution < 1.29 is 4.79 Å². The molecule has 4 fully saturated rings. The second kappa shape index (κ2) is 6.48. The molecule has 3 aliphatic heterocycles. The summed E-state index contributed by atoms with van der Waals surface area (Å²) in [6.45, 7) is 4.14. The van der Waals surface area contributed by atoms with Crippen molar-refractivity contribution >= 4 is 5.91 Å². The number of nitrogens with zero attached hydrogens (tertiary/aromatic N) is 2. The number of piperidine rings is 1. The van der Waals surface area contributed by atoms with Crippen LogP contribution in [0.4, 0.5) is 0 Å². The van der Waals surface area contributed by atoms with Crippen molar-refractivity contribution in [2.24, 2.45) is 5.92 Å². The summed E-state index contributed by atoms with van der Waals surface area (Å²) in [5.74, 6) is 1.07. The van der Waals surface area contributed by atoms with Crippen LogP contribution < -0.4 is 5.32 Å². The van der Waals surface area contributed by atoms with Gasteiger partial charge in [0.05, 0.1) is 0 Å². The summed E-state index contributed by atoms with van der Waals surface area (Å²) < 4.78 is 0. The standard InChI is InChI=1S/C18H31N3O/c22-18(13-14-11-15-5-6-16(12-14)19-15)21-9-7-20(8-10-21)17-3-1-2-4-17/h14-17,19H,1-13H2. The van der Waals surface area contributed by atoms with Crippen molar-refractivity contribution in [1.82, 2.24) is 15.1 Å². The minimum absolute atomic E-state index is 0.428. The molecule has 4 rings (SSSR count). The molecule has 124 valence electrons. The third-order valence-corrected chi connectivity index (χ3v) is 6.54. The summed E-state index contributed by atoms with van der Waals surface area (Å²) in [6.07, 6.45) is 11.5. The van der Waals surface area contributed by atoms with Gasteiger partial charge < -0.3 is 10.2 Å². The molecule has 0 spiro atoms. The Morgan fingerprint density at radius 1 is 0.909 bits per heavy atom. The summed E-state index contributed by atoms with van der Waals surface area (Å²) in [7, 11) is 0. The van der Waals surface area contributed by atoms with Crippen LogP contribution in [0.2, 0.25) is 0 Å². The molecule has 4 aliphatic rings. The average Bonchev–Trinajstić information content (AvgIpc) is 3.17. The number of carbonyl (C=O) groups excluding carboxylic acids is 1. The second-order valence-corrected chi connectivity index (χ2v) is 8.03. The van der Waals surface area contributed by atoms with Crippen molar-refractivity contribution in [3.05, 3.63) is 0 Å². The molecule has 0 aromatic heterocycles. The van der Waals surface area contributed by atoms with Gasteiger partial charge in [-0.05, 0) is 44.4 Å². The van der Waals surface area contributed by atoms with Crippen LogP contribution >= 0.6 is 0 Å². The van der Waals surface area contributed by atoms with Gasteiger partial charge in [-0.3, -0.25) is 9.69 Å². The summed E-state index contributed by atoms with van der Waals surface area (Å²) in [5.41, 5.74) is 0. The quantitative estimate of drug-likeness (QED) is 0.866. The molecule has 1 aliphatic carbocycles. The van der Waals surface area contributed by atoms with E-state index < -0.39 is 0 Å². The second-order valence-electron chi connectivity index (χ2n) is 8.03. The Morgan fingerprint density at radius 2 is 1.55 bits per heavy atom. The van der Waals surface area contributed by atoms with Gasteiger partial charge in [-0.1, -0.05) is 12.8 Å². The molecule has 1 amide bonds. The van der Waals surface area contributed by atoms with Crippen LogP contribution in [0, 0.1) is 5.92 Å². The summed E-state index contributed by atoms with van der Waals surface area (Å²) in [6, 6.07) is 2.23. The molecule has 1 N–H and O–H groups in total. The van der Waals surface area contributed by atoms with Crippen LogP contribution in [0.1, 0.15) is 57.8 Å². The molecule has 0 aromatic rings. The maximum Gasteiger partial charge on any atom is 0.222 e. The van der Waals surface area contributed by atoms with Gasteiger partial charge >= 0.3 is 0 Å². The SMILES string of the molecule is O=C(CC1CC2CCC(C1)N2)N1CCN(C2CCCC2)CC1. The number of piperazine rings is 1. The average molecular weight is 305 g/mol. The number of amides is 1. The first-order chi connectivity index (χ1) is 10.8. The molecule has 2 unspecified atom stereocenters. The van der Waals surface area contributed by atoms with Crippen molar-refractivity contribution in [3.8, 4) is 0 Å². The van der Waals surface area contributed by atoms with Gasteiger partial charge in [-0.25, -0.2) is 0 Å². The fourth-order valence-electron chi connectivity index (χ4n) is 5.32. The van der Waals surface area contributed by atoms with Crippen LogP contribution in [0.15, 0.2) is 0 Å². The molecular weight excluding hydrogens is 274 g/mol. The maximum atomic E-state index is 12.6. The first kappa shape index (κ1) is 14.9. The minimum atomic E-state index is 0.428. The van der Waals surface area contributed by atoms with E-state index in [2.05, 4.69) is 15.1 Å². The van der Waals surface area contributed by atoms with E-state index in [1.54, 1.807) is 0 Å². The molecule has 2 atom stereocenters. The number of hydrogen-bond donors (Lipinski definition) is 1. The predicted molar refractivity (Wildman–Crippen MR) is 87.7 cm³/mol. The Morgan fingerprint density at radius 3 is 2.18 bits per heavy atom. The zero-order valence-corrected chi connectivity index (χ0v) is 13.8. The van der Waals surface area contributed by atoms with Crippen LogP contribution in [-0.2, 0) is 4.79 Å². The Bertz CT molecular complexity index is 387. The highest BCUT2D eigenvalue weighted by Gasteiger charge is 2.35. The van der Waals surface area contributed by atoms with E-state index in [4.69, 9.17) is 0 Å². The first-order valence-electron chi connectivity index (χ1n) is 9.56. The molecule has 3 saturated heterocycles.